The third-order valence-electron chi connectivity index (χ3n) is 8.44. The molecule has 8 nitrogen and oxygen atoms in total. The van der Waals surface area contributed by atoms with E-state index in [1.54, 1.807) is 58.6 Å². The van der Waals surface area contributed by atoms with E-state index in [9.17, 15) is 0 Å². The summed E-state index contributed by atoms with van der Waals surface area (Å²) in [6.07, 6.45) is 3.36. The van der Waals surface area contributed by atoms with Crippen LogP contribution in [0.15, 0.2) is 6.07 Å². The van der Waals surface area contributed by atoms with Crippen LogP contribution in [0.25, 0.3) is 0 Å². The minimum atomic E-state index is -2.88. The van der Waals surface area contributed by atoms with Crippen molar-refractivity contribution < 1.29 is 26.6 Å². The van der Waals surface area contributed by atoms with Gasteiger partial charge in [-0.3, -0.25) is 0 Å². The zero-order chi connectivity index (χ0) is 31.2. The van der Waals surface area contributed by atoms with Gasteiger partial charge in [-0.25, -0.2) is 0 Å². The quantitative estimate of drug-likeness (QED) is 0.150. The van der Waals surface area contributed by atoms with Gasteiger partial charge in [0, 0.05) is 77.0 Å². The minimum absolute atomic E-state index is 0.0554. The minimum Gasteiger partial charge on any atom is -0.377 e. The number of hydrogen-bond donors (Lipinski definition) is 1. The molecule has 0 aromatic heterocycles. The van der Waals surface area contributed by atoms with Crippen molar-refractivity contribution in [3.63, 3.8) is 0 Å². The monoisotopic (exact) mass is 662 g/mol. The van der Waals surface area contributed by atoms with Crippen LogP contribution < -0.4 is 20.6 Å². The molecule has 13 heteroatoms. The fourth-order valence-corrected chi connectivity index (χ4v) is 14.9. The Morgan fingerprint density at radius 2 is 1.44 bits per heavy atom. The Labute approximate surface area is 259 Å². The van der Waals surface area contributed by atoms with Crippen molar-refractivity contribution in [2.24, 2.45) is 0 Å². The molecule has 0 saturated carbocycles. The molecule has 0 amide bonds. The highest BCUT2D eigenvalue weighted by atomic mass is 28.4. The maximum absolute atomic E-state index is 6.02. The third-order valence-corrected chi connectivity index (χ3v) is 19.4. The number of nitrogens with zero attached hydrogens (tertiary/aromatic N) is 1. The van der Waals surface area contributed by atoms with Gasteiger partial charge < -0.3 is 36.8 Å². The highest BCUT2D eigenvalue weighted by Crippen LogP contribution is 2.35. The van der Waals surface area contributed by atoms with Gasteiger partial charge in [0.05, 0.1) is 23.1 Å². The SMILES string of the molecule is CCN(CC)c1c(C(C)[Si](OC)(OC)OC)cc([SiH](C)C)c(CC[SiH2]CNCCC[Si](OC)(OC)OC)c1[SiH](C)C. The molecule has 1 unspecified atom stereocenters. The molecule has 0 fully saturated rings. The van der Waals surface area contributed by atoms with Crippen molar-refractivity contribution in [1.29, 1.82) is 0 Å². The zero-order valence-electron chi connectivity index (χ0n) is 28.6. The Balaban J connectivity index is 3.30. The molecule has 41 heavy (non-hydrogen) atoms. The molecule has 0 bridgehead atoms. The van der Waals surface area contributed by atoms with Gasteiger partial charge in [0.2, 0.25) is 0 Å². The predicted molar refractivity (Wildman–Crippen MR) is 188 cm³/mol. The molecule has 0 spiro atoms. The van der Waals surface area contributed by atoms with Gasteiger partial charge in [-0.15, -0.1) is 0 Å². The standard InChI is InChI=1S/C28H62N2O6Si5/c1-14-30(15-2)27-25(23(3)41(34-7,35-8)36-9)21-26(38(10)11)24(28(27)39(12)13)17-19-37-22-29-18-16-20-40(31-4,32-5)33-6/h21,23,29,38-39H,14-20,22,37H2,1-13H3. The summed E-state index contributed by atoms with van der Waals surface area (Å²) in [7, 11) is 2.43. The molecule has 240 valence electrons. The molecule has 1 rings (SSSR count). The van der Waals surface area contributed by atoms with Gasteiger partial charge in [-0.05, 0) is 55.7 Å². The normalized spacial score (nSPS) is 13.7. The van der Waals surface area contributed by atoms with Crippen molar-refractivity contribution in [3.8, 4) is 0 Å². The lowest BCUT2D eigenvalue weighted by Crippen LogP contribution is -2.51. The van der Waals surface area contributed by atoms with E-state index in [1.807, 2.05) is 0 Å². The maximum Gasteiger partial charge on any atom is 0.507 e. The van der Waals surface area contributed by atoms with Crippen molar-refractivity contribution >= 4 is 60.8 Å². The van der Waals surface area contributed by atoms with E-state index in [1.165, 1.54) is 23.7 Å². The van der Waals surface area contributed by atoms with E-state index < -0.39 is 35.2 Å². The summed E-state index contributed by atoms with van der Waals surface area (Å²) in [4.78, 5) is 2.58. The Morgan fingerprint density at radius 3 is 1.88 bits per heavy atom. The van der Waals surface area contributed by atoms with Crippen LogP contribution in [0.4, 0.5) is 5.69 Å². The van der Waals surface area contributed by atoms with Crippen LogP contribution in [0, 0.1) is 0 Å². The Hall–Kier alpha value is -0.176. The second-order valence-corrected chi connectivity index (χ2v) is 25.4. The van der Waals surface area contributed by atoms with Gasteiger partial charge in [0.15, 0.2) is 0 Å². The maximum atomic E-state index is 6.02. The molecule has 0 saturated heterocycles. The summed E-state index contributed by atoms with van der Waals surface area (Å²) < 4.78 is 34.7. The van der Waals surface area contributed by atoms with Crippen LogP contribution in [-0.4, -0.2) is 113 Å². The lowest BCUT2D eigenvalue weighted by Gasteiger charge is -2.37. The van der Waals surface area contributed by atoms with Crippen LogP contribution in [0.3, 0.4) is 0 Å². The highest BCUT2D eigenvalue weighted by Gasteiger charge is 2.47. The van der Waals surface area contributed by atoms with Crippen LogP contribution in [0.5, 0.6) is 0 Å². The second-order valence-electron chi connectivity index (χ2n) is 11.3. The first-order valence-electron chi connectivity index (χ1n) is 15.5. The smallest absolute Gasteiger partial charge is 0.377 e. The van der Waals surface area contributed by atoms with Crippen molar-refractivity contribution in [1.82, 2.24) is 5.32 Å². The summed E-state index contributed by atoms with van der Waals surface area (Å²) in [5.74, 6) is 0. The fourth-order valence-electron chi connectivity index (χ4n) is 6.05. The third kappa shape index (κ3) is 9.91. The van der Waals surface area contributed by atoms with Gasteiger partial charge in [0.25, 0.3) is 0 Å². The highest BCUT2D eigenvalue weighted by molar-refractivity contribution is 6.76. The molecule has 0 radical (unpaired) electrons. The summed E-state index contributed by atoms with van der Waals surface area (Å²) >= 11 is 0. The lowest BCUT2D eigenvalue weighted by atomic mass is 10.0. The molecular weight excluding hydrogens is 601 g/mol. The Bertz CT molecular complexity index is 867. The van der Waals surface area contributed by atoms with Gasteiger partial charge >= 0.3 is 17.6 Å². The molecule has 0 aliphatic carbocycles. The van der Waals surface area contributed by atoms with Gasteiger partial charge in [-0.2, -0.15) is 0 Å². The molecular formula is C28H62N2O6Si5. The number of hydrogen-bond acceptors (Lipinski definition) is 8. The van der Waals surface area contributed by atoms with E-state index in [0.29, 0.717) is 0 Å². The van der Waals surface area contributed by atoms with Crippen molar-refractivity contribution in [2.75, 3.05) is 73.4 Å². The van der Waals surface area contributed by atoms with E-state index in [4.69, 9.17) is 26.6 Å². The molecule has 1 atom stereocenters. The van der Waals surface area contributed by atoms with E-state index in [0.717, 1.165) is 38.3 Å². The predicted octanol–water partition coefficient (Wildman–Crippen LogP) is 2.39. The average Bonchev–Trinajstić information content (AvgIpc) is 2.98. The van der Waals surface area contributed by atoms with Crippen LogP contribution in [-0.2, 0) is 33.0 Å². The fraction of sp³-hybridized carbons (Fsp3) is 0.786. The Morgan fingerprint density at radius 1 is 0.878 bits per heavy atom. The summed E-state index contributed by atoms with van der Waals surface area (Å²) in [6, 6.07) is 4.71. The summed E-state index contributed by atoms with van der Waals surface area (Å²) in [5, 5.41) is 6.99. The molecule has 1 aromatic rings. The largest absolute Gasteiger partial charge is 0.507 e. The number of anilines is 1. The summed E-state index contributed by atoms with van der Waals surface area (Å²) in [6.45, 7) is 19.7. The summed E-state index contributed by atoms with van der Waals surface area (Å²) in [5.41, 5.74) is 4.54. The number of rotatable bonds is 22. The van der Waals surface area contributed by atoms with Crippen molar-refractivity contribution in [2.45, 2.75) is 77.4 Å². The first-order valence-corrected chi connectivity index (χ1v) is 27.0. The van der Waals surface area contributed by atoms with Crippen LogP contribution in [0.1, 0.15) is 43.9 Å². The number of nitrogens with one attached hydrogen (secondary N) is 1. The molecule has 0 aliphatic rings. The molecule has 1 N–H and O–H groups in total. The van der Waals surface area contributed by atoms with Gasteiger partial charge in [0.1, 0.15) is 0 Å². The molecule has 0 heterocycles. The average molecular weight is 663 g/mol. The van der Waals surface area contributed by atoms with Crippen molar-refractivity contribution in [3.05, 3.63) is 17.2 Å². The van der Waals surface area contributed by atoms with E-state index in [2.05, 4.69) is 63.2 Å². The molecule has 1 aromatic carbocycles. The van der Waals surface area contributed by atoms with E-state index >= 15 is 0 Å². The second kappa shape index (κ2) is 19.3. The lowest BCUT2D eigenvalue weighted by molar-refractivity contribution is 0.114. The van der Waals surface area contributed by atoms with Gasteiger partial charge in [-0.1, -0.05) is 50.4 Å². The Kier molecular flexibility index (Phi) is 18.3. The van der Waals surface area contributed by atoms with Crippen LogP contribution in [0.2, 0.25) is 38.3 Å². The zero-order valence-corrected chi connectivity index (χ0v) is 34.3. The van der Waals surface area contributed by atoms with E-state index in [-0.39, 0.29) is 15.1 Å². The first-order chi connectivity index (χ1) is 19.5. The van der Waals surface area contributed by atoms with Crippen LogP contribution >= 0.6 is 0 Å². The topological polar surface area (TPSA) is 70.7 Å². The molecule has 0 aliphatic heterocycles. The first kappa shape index (κ1) is 38.8. The number of benzene rings is 1.